The summed E-state index contributed by atoms with van der Waals surface area (Å²) in [6.45, 7) is -1.89. The predicted molar refractivity (Wildman–Crippen MR) is 64.1 cm³/mol. The van der Waals surface area contributed by atoms with E-state index in [1.165, 1.54) is 12.1 Å². The van der Waals surface area contributed by atoms with Crippen molar-refractivity contribution in [1.82, 2.24) is 5.32 Å². The van der Waals surface area contributed by atoms with Gasteiger partial charge in [-0.05, 0) is 29.8 Å². The summed E-state index contributed by atoms with van der Waals surface area (Å²) in [5.74, 6) is -2.03. The van der Waals surface area contributed by atoms with Gasteiger partial charge in [0.15, 0.2) is 0 Å². The third kappa shape index (κ3) is 4.54. The molecule has 0 bridgehead atoms. The van der Waals surface area contributed by atoms with E-state index >= 15 is 0 Å². The number of carboxylic acid groups (broad SMARTS) is 1. The van der Waals surface area contributed by atoms with E-state index in [1.807, 2.05) is 5.32 Å². The lowest BCUT2D eigenvalue weighted by molar-refractivity contribution is -0.133. The van der Waals surface area contributed by atoms with Gasteiger partial charge in [-0.1, -0.05) is 0 Å². The molecular weight excluding hydrogens is 280 g/mol. The SMILES string of the molecule is NC/C(C(=O)O)=C(\NCC(F)(F)F)c1ccc(F)cc1. The molecule has 0 aromatic heterocycles. The number of nitrogens with two attached hydrogens (primary N) is 1. The molecule has 110 valence electrons. The summed E-state index contributed by atoms with van der Waals surface area (Å²) in [6, 6.07) is 4.38. The maximum Gasteiger partial charge on any atom is 0.405 e. The first-order chi connectivity index (χ1) is 9.24. The highest BCUT2D eigenvalue weighted by molar-refractivity contribution is 5.96. The van der Waals surface area contributed by atoms with Gasteiger partial charge in [-0.2, -0.15) is 13.2 Å². The van der Waals surface area contributed by atoms with Gasteiger partial charge < -0.3 is 16.2 Å². The zero-order valence-electron chi connectivity index (χ0n) is 10.2. The minimum absolute atomic E-state index is 0.110. The summed E-state index contributed by atoms with van der Waals surface area (Å²) in [5, 5.41) is 11.0. The third-order valence-electron chi connectivity index (χ3n) is 2.36. The molecule has 8 heteroatoms. The number of hydrogen-bond acceptors (Lipinski definition) is 3. The molecule has 1 aromatic rings. The Morgan fingerprint density at radius 3 is 2.20 bits per heavy atom. The smallest absolute Gasteiger partial charge is 0.405 e. The molecule has 0 radical (unpaired) electrons. The van der Waals surface area contributed by atoms with E-state index in [2.05, 4.69) is 0 Å². The molecule has 0 saturated carbocycles. The number of carbonyl (C=O) groups is 1. The van der Waals surface area contributed by atoms with E-state index in [-0.39, 0.29) is 11.3 Å². The van der Waals surface area contributed by atoms with Crippen LogP contribution in [0.3, 0.4) is 0 Å². The summed E-state index contributed by atoms with van der Waals surface area (Å²) in [7, 11) is 0. The Morgan fingerprint density at radius 2 is 1.80 bits per heavy atom. The number of halogens is 4. The van der Waals surface area contributed by atoms with Crippen LogP contribution in [0.5, 0.6) is 0 Å². The molecular formula is C12H12F4N2O2. The summed E-state index contributed by atoms with van der Waals surface area (Å²) >= 11 is 0. The monoisotopic (exact) mass is 292 g/mol. The van der Waals surface area contributed by atoms with E-state index in [9.17, 15) is 22.4 Å². The number of benzene rings is 1. The van der Waals surface area contributed by atoms with Crippen molar-refractivity contribution in [3.05, 3.63) is 41.2 Å². The Balaban J connectivity index is 3.20. The van der Waals surface area contributed by atoms with Gasteiger partial charge in [0.25, 0.3) is 0 Å². The van der Waals surface area contributed by atoms with Gasteiger partial charge in [-0.15, -0.1) is 0 Å². The average molecular weight is 292 g/mol. The summed E-state index contributed by atoms with van der Waals surface area (Å²) in [5.41, 5.74) is 4.66. The Hall–Kier alpha value is -2.09. The van der Waals surface area contributed by atoms with Crippen LogP contribution in [0.1, 0.15) is 5.56 Å². The largest absolute Gasteiger partial charge is 0.478 e. The van der Waals surface area contributed by atoms with Crippen LogP contribution in [-0.2, 0) is 4.79 Å². The lowest BCUT2D eigenvalue weighted by Crippen LogP contribution is -2.30. The first-order valence-corrected chi connectivity index (χ1v) is 5.47. The second kappa shape index (κ2) is 6.38. The van der Waals surface area contributed by atoms with E-state index in [0.29, 0.717) is 0 Å². The van der Waals surface area contributed by atoms with Gasteiger partial charge in [0.2, 0.25) is 0 Å². The first-order valence-electron chi connectivity index (χ1n) is 5.47. The molecule has 0 spiro atoms. The highest BCUT2D eigenvalue weighted by Gasteiger charge is 2.28. The van der Waals surface area contributed by atoms with E-state index in [0.717, 1.165) is 12.1 Å². The second-order valence-corrected chi connectivity index (χ2v) is 3.84. The average Bonchev–Trinajstić information content (AvgIpc) is 2.34. The van der Waals surface area contributed by atoms with Gasteiger partial charge in [-0.25, -0.2) is 9.18 Å². The molecule has 0 saturated heterocycles. The van der Waals surface area contributed by atoms with Gasteiger partial charge in [-0.3, -0.25) is 0 Å². The minimum Gasteiger partial charge on any atom is -0.478 e. The lowest BCUT2D eigenvalue weighted by Gasteiger charge is -2.16. The molecule has 0 fully saturated rings. The second-order valence-electron chi connectivity index (χ2n) is 3.84. The number of aliphatic carboxylic acids is 1. The van der Waals surface area contributed by atoms with Gasteiger partial charge in [0.05, 0.1) is 11.3 Å². The van der Waals surface area contributed by atoms with Crippen LogP contribution in [0.15, 0.2) is 29.8 Å². The molecule has 0 aliphatic rings. The van der Waals surface area contributed by atoms with E-state index < -0.39 is 36.6 Å². The Kier molecular flexibility index (Phi) is 5.09. The fourth-order valence-corrected chi connectivity index (χ4v) is 1.48. The van der Waals surface area contributed by atoms with Crippen LogP contribution in [0.25, 0.3) is 5.70 Å². The van der Waals surface area contributed by atoms with Crippen molar-refractivity contribution >= 4 is 11.7 Å². The third-order valence-corrected chi connectivity index (χ3v) is 2.36. The minimum atomic E-state index is -4.52. The van der Waals surface area contributed by atoms with Gasteiger partial charge in [0.1, 0.15) is 12.4 Å². The van der Waals surface area contributed by atoms with E-state index in [4.69, 9.17) is 10.8 Å². The molecule has 0 amide bonds. The fourth-order valence-electron chi connectivity index (χ4n) is 1.48. The Labute approximate surface area is 111 Å². The number of hydrogen-bond donors (Lipinski definition) is 3. The number of nitrogens with one attached hydrogen (secondary N) is 1. The zero-order chi connectivity index (χ0) is 15.3. The molecule has 0 heterocycles. The maximum absolute atomic E-state index is 12.8. The summed E-state index contributed by atoms with van der Waals surface area (Å²) in [6.07, 6.45) is -4.52. The number of alkyl halides is 3. The molecule has 20 heavy (non-hydrogen) atoms. The predicted octanol–water partition coefficient (Wildman–Crippen LogP) is 1.73. The molecule has 4 N–H and O–H groups in total. The van der Waals surface area contributed by atoms with Crippen LogP contribution in [0, 0.1) is 5.82 Å². The van der Waals surface area contributed by atoms with Crippen molar-refractivity contribution < 1.29 is 27.5 Å². The highest BCUT2D eigenvalue weighted by Crippen LogP contribution is 2.20. The molecule has 0 aliphatic carbocycles. The standard InChI is InChI=1S/C12H12F4N2O2/c13-8-3-1-7(2-4-8)10(9(5-17)11(19)20)18-6-12(14,15)16/h1-4,18H,5-6,17H2,(H,19,20)/b10-9+. The van der Waals surface area contributed by atoms with Crippen molar-refractivity contribution in [2.24, 2.45) is 5.73 Å². The molecule has 0 atom stereocenters. The Bertz CT molecular complexity index is 509. The van der Waals surface area contributed by atoms with Crippen molar-refractivity contribution in [2.75, 3.05) is 13.1 Å². The van der Waals surface area contributed by atoms with Gasteiger partial charge >= 0.3 is 12.1 Å². The van der Waals surface area contributed by atoms with Crippen LogP contribution < -0.4 is 11.1 Å². The van der Waals surface area contributed by atoms with Gasteiger partial charge in [0, 0.05) is 6.54 Å². The quantitative estimate of drug-likeness (QED) is 0.571. The first kappa shape index (κ1) is 16.0. The molecule has 1 rings (SSSR count). The normalized spacial score (nSPS) is 12.8. The van der Waals surface area contributed by atoms with Crippen LogP contribution in [-0.4, -0.2) is 30.3 Å². The van der Waals surface area contributed by atoms with Crippen LogP contribution >= 0.6 is 0 Å². The summed E-state index contributed by atoms with van der Waals surface area (Å²) < 4.78 is 49.5. The zero-order valence-corrected chi connectivity index (χ0v) is 10.2. The molecule has 4 nitrogen and oxygen atoms in total. The van der Waals surface area contributed by atoms with Crippen LogP contribution in [0.2, 0.25) is 0 Å². The molecule has 0 aliphatic heterocycles. The number of carboxylic acids is 1. The van der Waals surface area contributed by atoms with Crippen LogP contribution in [0.4, 0.5) is 17.6 Å². The maximum atomic E-state index is 12.8. The van der Waals surface area contributed by atoms with Crippen molar-refractivity contribution in [3.8, 4) is 0 Å². The summed E-state index contributed by atoms with van der Waals surface area (Å²) in [4.78, 5) is 11.0. The number of rotatable bonds is 5. The van der Waals surface area contributed by atoms with Crippen molar-refractivity contribution in [2.45, 2.75) is 6.18 Å². The topological polar surface area (TPSA) is 75.4 Å². The van der Waals surface area contributed by atoms with Crippen molar-refractivity contribution in [3.63, 3.8) is 0 Å². The highest BCUT2D eigenvalue weighted by atomic mass is 19.4. The fraction of sp³-hybridized carbons (Fsp3) is 0.250. The molecule has 1 aromatic carbocycles. The molecule has 0 unspecified atom stereocenters. The Morgan fingerprint density at radius 1 is 1.25 bits per heavy atom. The van der Waals surface area contributed by atoms with Crippen molar-refractivity contribution in [1.29, 1.82) is 0 Å². The lowest BCUT2D eigenvalue weighted by atomic mass is 10.1. The van der Waals surface area contributed by atoms with E-state index in [1.54, 1.807) is 0 Å².